The maximum atomic E-state index is 12.3. The molecule has 5 rings (SSSR count). The molecule has 8 atom stereocenters. The first-order valence-corrected chi connectivity index (χ1v) is 9.97. The summed E-state index contributed by atoms with van der Waals surface area (Å²) in [6.45, 7) is 5.04. The van der Waals surface area contributed by atoms with Crippen molar-refractivity contribution in [3.05, 3.63) is 11.6 Å². The Bertz CT molecular complexity index is 610. The third-order valence-electron chi connectivity index (χ3n) is 8.78. The van der Waals surface area contributed by atoms with Gasteiger partial charge in [-0.2, -0.15) is 0 Å². The van der Waals surface area contributed by atoms with E-state index in [1.54, 1.807) is 6.92 Å². The third kappa shape index (κ3) is 1.78. The lowest BCUT2D eigenvalue weighted by atomic mass is 9.46. The fourth-order valence-corrected chi connectivity index (χ4v) is 7.92. The average molecular weight is 330 g/mol. The largest absolute Gasteiger partial charge is 0.389 e. The molecule has 0 aromatic carbocycles. The van der Waals surface area contributed by atoms with Gasteiger partial charge in [-0.15, -0.1) is 0 Å². The van der Waals surface area contributed by atoms with E-state index in [1.807, 2.05) is 0 Å². The van der Waals surface area contributed by atoms with E-state index >= 15 is 0 Å². The molecule has 3 saturated carbocycles. The topological polar surface area (TPSA) is 46.5 Å². The van der Waals surface area contributed by atoms with Gasteiger partial charge in [0.05, 0.1) is 18.8 Å². The van der Waals surface area contributed by atoms with Gasteiger partial charge in [-0.25, -0.2) is 0 Å². The standard InChI is InChI=1S/C21H30O3/c1-12(22)16-5-6-17-15-4-3-13-9-14(23)7-8-21(13)11-24-18(19(15)21)10-20(16,17)2/h9,14-19,23H,3-8,10-11H2,1-2H3/t14-,15+,16-,17+,18+,19-,20-,21-/m1/s1. The van der Waals surface area contributed by atoms with Gasteiger partial charge in [-0.1, -0.05) is 18.6 Å². The summed E-state index contributed by atoms with van der Waals surface area (Å²) in [6, 6.07) is 0. The number of aliphatic hydroxyl groups excluding tert-OH is 1. The summed E-state index contributed by atoms with van der Waals surface area (Å²) in [5, 5.41) is 10.1. The first-order chi connectivity index (χ1) is 11.5. The fraction of sp³-hybridized carbons (Fsp3) is 0.857. The molecule has 3 heteroatoms. The Hall–Kier alpha value is -0.670. The normalized spacial score (nSPS) is 55.4. The van der Waals surface area contributed by atoms with Crippen LogP contribution >= 0.6 is 0 Å². The lowest BCUT2D eigenvalue weighted by Gasteiger charge is -2.57. The van der Waals surface area contributed by atoms with Crippen LogP contribution in [-0.4, -0.2) is 29.7 Å². The van der Waals surface area contributed by atoms with E-state index in [0.717, 1.165) is 38.7 Å². The molecule has 1 saturated heterocycles. The molecule has 0 unspecified atom stereocenters. The molecule has 24 heavy (non-hydrogen) atoms. The van der Waals surface area contributed by atoms with Gasteiger partial charge in [0.25, 0.3) is 0 Å². The highest BCUT2D eigenvalue weighted by atomic mass is 16.5. The Morgan fingerprint density at radius 3 is 2.92 bits per heavy atom. The van der Waals surface area contributed by atoms with E-state index in [-0.39, 0.29) is 22.9 Å². The molecule has 5 aliphatic rings. The summed E-state index contributed by atoms with van der Waals surface area (Å²) in [7, 11) is 0. The zero-order chi connectivity index (χ0) is 16.7. The lowest BCUT2D eigenvalue weighted by Crippen LogP contribution is -2.54. The van der Waals surface area contributed by atoms with Crippen molar-refractivity contribution in [1.82, 2.24) is 0 Å². The van der Waals surface area contributed by atoms with E-state index in [4.69, 9.17) is 4.74 Å². The molecule has 0 bridgehead atoms. The van der Waals surface area contributed by atoms with Crippen LogP contribution in [0.5, 0.6) is 0 Å². The number of hydrogen-bond acceptors (Lipinski definition) is 3. The van der Waals surface area contributed by atoms with E-state index in [2.05, 4.69) is 13.0 Å². The summed E-state index contributed by atoms with van der Waals surface area (Å²) in [5.74, 6) is 2.68. The molecule has 0 amide bonds. The van der Waals surface area contributed by atoms with E-state index < -0.39 is 0 Å². The number of hydrogen-bond donors (Lipinski definition) is 1. The van der Waals surface area contributed by atoms with Crippen molar-refractivity contribution < 1.29 is 14.6 Å². The van der Waals surface area contributed by atoms with Crippen LogP contribution in [0.25, 0.3) is 0 Å². The van der Waals surface area contributed by atoms with Crippen molar-refractivity contribution >= 4 is 5.78 Å². The van der Waals surface area contributed by atoms with E-state index in [1.165, 1.54) is 18.4 Å². The molecule has 1 N–H and O–H groups in total. The molecule has 132 valence electrons. The minimum Gasteiger partial charge on any atom is -0.389 e. The molecule has 0 aromatic rings. The van der Waals surface area contributed by atoms with Gasteiger partial charge in [0.2, 0.25) is 0 Å². The molecular weight excluding hydrogens is 300 g/mol. The number of ketones is 1. The molecule has 1 aliphatic heterocycles. The Balaban J connectivity index is 1.55. The van der Waals surface area contributed by atoms with Gasteiger partial charge in [0.15, 0.2) is 0 Å². The van der Waals surface area contributed by atoms with Crippen LogP contribution in [-0.2, 0) is 9.53 Å². The van der Waals surface area contributed by atoms with E-state index in [0.29, 0.717) is 29.6 Å². The number of carbonyl (C=O) groups is 1. The van der Waals surface area contributed by atoms with E-state index in [9.17, 15) is 9.90 Å². The highest BCUT2D eigenvalue weighted by Crippen LogP contribution is 2.69. The number of ether oxygens (including phenoxy) is 1. The summed E-state index contributed by atoms with van der Waals surface area (Å²) in [4.78, 5) is 12.3. The molecule has 0 radical (unpaired) electrons. The van der Waals surface area contributed by atoms with Crippen molar-refractivity contribution in [2.75, 3.05) is 6.61 Å². The zero-order valence-corrected chi connectivity index (χ0v) is 15.0. The van der Waals surface area contributed by atoms with Crippen LogP contribution in [0.2, 0.25) is 0 Å². The second-order valence-corrected chi connectivity index (χ2v) is 9.59. The molecular formula is C21H30O3. The summed E-state index contributed by atoms with van der Waals surface area (Å²) >= 11 is 0. The highest BCUT2D eigenvalue weighted by Gasteiger charge is 2.66. The smallest absolute Gasteiger partial charge is 0.133 e. The van der Waals surface area contributed by atoms with Crippen LogP contribution in [0.15, 0.2) is 11.6 Å². The predicted octanol–water partition coefficient (Wildman–Crippen LogP) is 3.50. The first-order valence-electron chi connectivity index (χ1n) is 9.97. The second kappa shape index (κ2) is 4.94. The number of rotatable bonds is 1. The molecule has 3 nitrogen and oxygen atoms in total. The summed E-state index contributed by atoms with van der Waals surface area (Å²) in [5.41, 5.74) is 1.86. The maximum Gasteiger partial charge on any atom is 0.133 e. The number of Topliss-reactive ketones (excluding diaryl/α,β-unsaturated/α-hetero) is 1. The fourth-order valence-electron chi connectivity index (χ4n) is 7.92. The first kappa shape index (κ1) is 15.6. The van der Waals surface area contributed by atoms with Crippen molar-refractivity contribution in [2.24, 2.45) is 34.5 Å². The predicted molar refractivity (Wildman–Crippen MR) is 91.3 cm³/mol. The number of aliphatic hydroxyl groups is 1. The molecule has 1 heterocycles. The zero-order valence-electron chi connectivity index (χ0n) is 15.0. The van der Waals surface area contributed by atoms with Crippen molar-refractivity contribution in [1.29, 1.82) is 0 Å². The maximum absolute atomic E-state index is 12.3. The van der Waals surface area contributed by atoms with Crippen molar-refractivity contribution in [3.63, 3.8) is 0 Å². The Morgan fingerprint density at radius 2 is 2.12 bits per heavy atom. The number of fused-ring (bicyclic) bond motifs is 2. The third-order valence-corrected chi connectivity index (χ3v) is 8.78. The van der Waals surface area contributed by atoms with Crippen LogP contribution in [0.1, 0.15) is 58.8 Å². The minimum absolute atomic E-state index is 0.151. The second-order valence-electron chi connectivity index (χ2n) is 9.59. The van der Waals surface area contributed by atoms with Gasteiger partial charge >= 0.3 is 0 Å². The van der Waals surface area contributed by atoms with Gasteiger partial charge in [-0.3, -0.25) is 4.79 Å². The SMILES string of the molecule is CC(=O)[C@H]1CC[C@H]2[C@@H]3CCC4=C[C@H](O)CC[C@@]45CO[C@@H](C[C@]12C)[C@@H]35. The molecule has 4 fully saturated rings. The Kier molecular flexibility index (Phi) is 3.21. The molecule has 0 aromatic heterocycles. The van der Waals surface area contributed by atoms with Crippen LogP contribution in [0, 0.1) is 34.5 Å². The Labute approximate surface area is 144 Å². The lowest BCUT2D eigenvalue weighted by molar-refractivity contribution is -0.130. The molecule has 4 aliphatic carbocycles. The van der Waals surface area contributed by atoms with Gasteiger partial charge in [0, 0.05) is 11.3 Å². The number of carbonyl (C=O) groups excluding carboxylic acids is 1. The van der Waals surface area contributed by atoms with Gasteiger partial charge < -0.3 is 9.84 Å². The summed E-state index contributed by atoms with van der Waals surface area (Å²) < 4.78 is 6.43. The molecule has 1 spiro atoms. The van der Waals surface area contributed by atoms with Crippen LogP contribution in [0.4, 0.5) is 0 Å². The van der Waals surface area contributed by atoms with Crippen molar-refractivity contribution in [2.45, 2.75) is 71.0 Å². The van der Waals surface area contributed by atoms with Gasteiger partial charge in [0.1, 0.15) is 5.78 Å². The van der Waals surface area contributed by atoms with Crippen molar-refractivity contribution in [3.8, 4) is 0 Å². The average Bonchev–Trinajstić information content (AvgIpc) is 3.07. The van der Waals surface area contributed by atoms with Crippen LogP contribution in [0.3, 0.4) is 0 Å². The monoisotopic (exact) mass is 330 g/mol. The quantitative estimate of drug-likeness (QED) is 0.749. The minimum atomic E-state index is -0.247. The Morgan fingerprint density at radius 1 is 1.29 bits per heavy atom. The highest BCUT2D eigenvalue weighted by molar-refractivity contribution is 5.79. The van der Waals surface area contributed by atoms with Crippen LogP contribution < -0.4 is 0 Å². The van der Waals surface area contributed by atoms with Gasteiger partial charge in [-0.05, 0) is 75.0 Å². The summed E-state index contributed by atoms with van der Waals surface area (Å²) in [6.07, 6.45) is 9.97.